The van der Waals surface area contributed by atoms with Crippen LogP contribution in [0.3, 0.4) is 0 Å². The average Bonchev–Trinajstić information content (AvgIpc) is 2.95. The van der Waals surface area contributed by atoms with Gasteiger partial charge in [0.2, 0.25) is 6.79 Å². The summed E-state index contributed by atoms with van der Waals surface area (Å²) in [6.45, 7) is 0.215. The third-order valence-corrected chi connectivity index (χ3v) is 3.70. The number of hydrogen-bond donors (Lipinski definition) is 0. The van der Waals surface area contributed by atoms with Gasteiger partial charge in [0.15, 0.2) is 11.5 Å². The molecule has 3 rings (SSSR count). The lowest BCUT2D eigenvalue weighted by Gasteiger charge is -2.04. The summed E-state index contributed by atoms with van der Waals surface area (Å²) in [6, 6.07) is 10.4. The van der Waals surface area contributed by atoms with Crippen LogP contribution in [-0.2, 0) is 4.79 Å². The fourth-order valence-electron chi connectivity index (χ4n) is 1.88. The molecule has 0 saturated heterocycles. The monoisotopic (exact) mass is 380 g/mol. The van der Waals surface area contributed by atoms with Crippen molar-refractivity contribution in [3.8, 4) is 17.2 Å². The molecule has 0 saturated carbocycles. The first kappa shape index (κ1) is 14.9. The van der Waals surface area contributed by atoms with Crippen molar-refractivity contribution in [2.75, 3.05) is 6.79 Å². The molecule has 4 nitrogen and oxygen atoms in total. The first-order valence-electron chi connectivity index (χ1n) is 6.36. The van der Waals surface area contributed by atoms with E-state index in [0.717, 1.165) is 10.0 Å². The number of carbonyl (C=O) groups is 1. The maximum absolute atomic E-state index is 11.8. The van der Waals surface area contributed by atoms with Crippen LogP contribution in [0.2, 0.25) is 5.02 Å². The molecule has 0 fully saturated rings. The number of esters is 1. The highest BCUT2D eigenvalue weighted by atomic mass is 79.9. The van der Waals surface area contributed by atoms with E-state index >= 15 is 0 Å². The van der Waals surface area contributed by atoms with Gasteiger partial charge in [-0.3, -0.25) is 0 Å². The first-order valence-corrected chi connectivity index (χ1v) is 7.53. The Balaban J connectivity index is 1.68. The van der Waals surface area contributed by atoms with Crippen molar-refractivity contribution in [3.63, 3.8) is 0 Å². The molecule has 0 spiro atoms. The van der Waals surface area contributed by atoms with E-state index in [2.05, 4.69) is 15.9 Å². The molecule has 0 radical (unpaired) electrons. The van der Waals surface area contributed by atoms with Crippen LogP contribution in [0, 0.1) is 0 Å². The highest BCUT2D eigenvalue weighted by Gasteiger charge is 2.12. The molecule has 0 aromatic heterocycles. The van der Waals surface area contributed by atoms with Gasteiger partial charge in [0.1, 0.15) is 5.75 Å². The third-order valence-electron chi connectivity index (χ3n) is 2.91. The highest BCUT2D eigenvalue weighted by molar-refractivity contribution is 9.10. The maximum atomic E-state index is 11.8. The number of halogens is 2. The maximum Gasteiger partial charge on any atom is 0.336 e. The van der Waals surface area contributed by atoms with Crippen molar-refractivity contribution < 1.29 is 19.0 Å². The van der Waals surface area contributed by atoms with Gasteiger partial charge in [0.05, 0.1) is 5.02 Å². The molecule has 0 N–H and O–H groups in total. The van der Waals surface area contributed by atoms with Crippen LogP contribution in [0.4, 0.5) is 0 Å². The molecule has 112 valence electrons. The molecule has 0 bridgehead atoms. The van der Waals surface area contributed by atoms with Gasteiger partial charge in [0, 0.05) is 10.5 Å². The Bertz CT molecular complexity index is 758. The number of ether oxygens (including phenoxy) is 3. The molecule has 6 heteroatoms. The predicted molar refractivity (Wildman–Crippen MR) is 86.4 cm³/mol. The van der Waals surface area contributed by atoms with Gasteiger partial charge < -0.3 is 14.2 Å². The quantitative estimate of drug-likeness (QED) is 0.448. The molecule has 2 aromatic carbocycles. The van der Waals surface area contributed by atoms with Crippen molar-refractivity contribution in [2.24, 2.45) is 0 Å². The van der Waals surface area contributed by atoms with E-state index in [4.69, 9.17) is 25.8 Å². The van der Waals surface area contributed by atoms with Gasteiger partial charge in [-0.1, -0.05) is 33.6 Å². The Morgan fingerprint density at radius 3 is 2.82 bits per heavy atom. The van der Waals surface area contributed by atoms with Crippen LogP contribution in [0.5, 0.6) is 17.2 Å². The summed E-state index contributed by atoms with van der Waals surface area (Å²) in [5.41, 5.74) is 0.808. The van der Waals surface area contributed by atoms with Gasteiger partial charge in [0.25, 0.3) is 0 Å². The fourth-order valence-corrected chi connectivity index (χ4v) is 2.59. The second-order valence-corrected chi connectivity index (χ2v) is 5.76. The van der Waals surface area contributed by atoms with E-state index in [1.165, 1.54) is 6.08 Å². The van der Waals surface area contributed by atoms with Crippen LogP contribution >= 0.6 is 27.5 Å². The fraction of sp³-hybridized carbons (Fsp3) is 0.0625. The van der Waals surface area contributed by atoms with Gasteiger partial charge in [-0.2, -0.15) is 0 Å². The molecule has 0 amide bonds. The summed E-state index contributed by atoms with van der Waals surface area (Å²) < 4.78 is 16.5. The van der Waals surface area contributed by atoms with Gasteiger partial charge in [-0.15, -0.1) is 0 Å². The van der Waals surface area contributed by atoms with Gasteiger partial charge in [-0.25, -0.2) is 4.79 Å². The number of fused-ring (bicyclic) bond motifs is 1. The van der Waals surface area contributed by atoms with Crippen molar-refractivity contribution in [3.05, 3.63) is 57.5 Å². The van der Waals surface area contributed by atoms with E-state index in [9.17, 15) is 4.79 Å². The standard InChI is InChI=1S/C16H10BrClO4/c17-11-3-5-13(12(18)8-11)22-16(19)6-2-10-1-4-14-15(7-10)21-9-20-14/h1-8H,9H2/b6-2+. The van der Waals surface area contributed by atoms with Crippen molar-refractivity contribution in [2.45, 2.75) is 0 Å². The van der Waals surface area contributed by atoms with Gasteiger partial charge >= 0.3 is 5.97 Å². The number of benzene rings is 2. The van der Waals surface area contributed by atoms with E-state index in [1.807, 2.05) is 6.07 Å². The SMILES string of the molecule is O=C(/C=C/c1ccc2c(c1)OCO2)Oc1ccc(Br)cc1Cl. The second-order valence-electron chi connectivity index (χ2n) is 4.44. The van der Waals surface area contributed by atoms with Gasteiger partial charge in [-0.05, 0) is 42.0 Å². The molecule has 1 heterocycles. The lowest BCUT2D eigenvalue weighted by molar-refractivity contribution is -0.128. The third kappa shape index (κ3) is 3.43. The van der Waals surface area contributed by atoms with Crippen molar-refractivity contribution in [1.82, 2.24) is 0 Å². The average molecular weight is 382 g/mol. The van der Waals surface area contributed by atoms with Crippen molar-refractivity contribution >= 4 is 39.6 Å². The van der Waals surface area contributed by atoms with E-state index < -0.39 is 5.97 Å². The summed E-state index contributed by atoms with van der Waals surface area (Å²) in [7, 11) is 0. The zero-order valence-electron chi connectivity index (χ0n) is 11.2. The van der Waals surface area contributed by atoms with Crippen LogP contribution in [0.25, 0.3) is 6.08 Å². The number of carbonyl (C=O) groups excluding carboxylic acids is 1. The summed E-state index contributed by atoms with van der Waals surface area (Å²) in [4.78, 5) is 11.8. The molecular formula is C16H10BrClO4. The second kappa shape index (κ2) is 6.42. The first-order chi connectivity index (χ1) is 10.6. The zero-order valence-corrected chi connectivity index (χ0v) is 13.6. The van der Waals surface area contributed by atoms with Crippen LogP contribution < -0.4 is 14.2 Å². The molecule has 1 aliphatic rings. The highest BCUT2D eigenvalue weighted by Crippen LogP contribution is 2.33. The number of hydrogen-bond acceptors (Lipinski definition) is 4. The van der Waals surface area contributed by atoms with E-state index in [1.54, 1.807) is 36.4 Å². The molecule has 0 atom stereocenters. The minimum Gasteiger partial charge on any atom is -0.454 e. The topological polar surface area (TPSA) is 44.8 Å². The Morgan fingerprint density at radius 1 is 1.18 bits per heavy atom. The van der Waals surface area contributed by atoms with Crippen LogP contribution in [-0.4, -0.2) is 12.8 Å². The summed E-state index contributed by atoms with van der Waals surface area (Å²) in [5, 5.41) is 0.360. The summed E-state index contributed by atoms with van der Waals surface area (Å²) in [5.74, 6) is 1.15. The molecule has 0 aliphatic carbocycles. The minimum absolute atomic E-state index is 0.215. The summed E-state index contributed by atoms with van der Waals surface area (Å²) >= 11 is 9.28. The Kier molecular flexibility index (Phi) is 4.36. The zero-order chi connectivity index (χ0) is 15.5. The Morgan fingerprint density at radius 2 is 2.00 bits per heavy atom. The lowest BCUT2D eigenvalue weighted by Crippen LogP contribution is -2.03. The number of rotatable bonds is 3. The summed E-state index contributed by atoms with van der Waals surface area (Å²) in [6.07, 6.45) is 2.97. The molecule has 1 aliphatic heterocycles. The van der Waals surface area contributed by atoms with Crippen LogP contribution in [0.15, 0.2) is 46.9 Å². The normalized spacial score (nSPS) is 12.6. The van der Waals surface area contributed by atoms with E-state index in [0.29, 0.717) is 22.3 Å². The van der Waals surface area contributed by atoms with Crippen molar-refractivity contribution in [1.29, 1.82) is 0 Å². The van der Waals surface area contributed by atoms with Crippen LogP contribution in [0.1, 0.15) is 5.56 Å². The van der Waals surface area contributed by atoms with E-state index in [-0.39, 0.29) is 6.79 Å². The minimum atomic E-state index is -0.512. The molecular weight excluding hydrogens is 372 g/mol. The lowest BCUT2D eigenvalue weighted by atomic mass is 10.2. The Hall–Kier alpha value is -1.98. The Labute approximate surface area is 140 Å². The molecule has 0 unspecified atom stereocenters. The molecule has 2 aromatic rings. The predicted octanol–water partition coefficient (Wildman–Crippen LogP) is 4.45. The smallest absolute Gasteiger partial charge is 0.336 e. The molecule has 22 heavy (non-hydrogen) atoms. The largest absolute Gasteiger partial charge is 0.454 e.